The molecule has 0 bridgehead atoms. The minimum Gasteiger partial charge on any atom is -0.450 e. The van der Waals surface area contributed by atoms with Gasteiger partial charge in [0.1, 0.15) is 5.58 Å². The van der Waals surface area contributed by atoms with E-state index in [2.05, 4.69) is 5.32 Å². The highest BCUT2D eigenvalue weighted by molar-refractivity contribution is 6.30. The second-order valence-electron chi connectivity index (χ2n) is 7.90. The number of carbonyl (C=O) groups is 4. The molecule has 3 aromatic carbocycles. The summed E-state index contributed by atoms with van der Waals surface area (Å²) in [5.74, 6) is -2.20. The molecule has 0 unspecified atom stereocenters. The van der Waals surface area contributed by atoms with Crippen molar-refractivity contribution >= 4 is 40.1 Å². The van der Waals surface area contributed by atoms with Gasteiger partial charge in [0.15, 0.2) is 18.2 Å². The van der Waals surface area contributed by atoms with Crippen molar-refractivity contribution in [3.63, 3.8) is 0 Å². The van der Waals surface area contributed by atoms with Crippen molar-refractivity contribution in [1.82, 2.24) is 0 Å². The zero-order chi connectivity index (χ0) is 24.5. The predicted molar refractivity (Wildman–Crippen MR) is 126 cm³/mol. The molecule has 5 rings (SSSR count). The molecule has 1 aromatic heterocycles. The van der Waals surface area contributed by atoms with Crippen molar-refractivity contribution in [3.05, 3.63) is 100 Å². The number of esters is 1. The van der Waals surface area contributed by atoms with E-state index in [9.17, 15) is 19.2 Å². The summed E-state index contributed by atoms with van der Waals surface area (Å²) < 4.78 is 16.0. The van der Waals surface area contributed by atoms with E-state index in [1.807, 2.05) is 6.07 Å². The first-order chi connectivity index (χ1) is 17.0. The fourth-order valence-electron chi connectivity index (χ4n) is 4.18. The maximum atomic E-state index is 13.1. The first kappa shape index (κ1) is 22.2. The normalized spacial score (nSPS) is 12.3. The molecule has 0 radical (unpaired) electrons. The van der Waals surface area contributed by atoms with Crippen LogP contribution >= 0.6 is 0 Å². The lowest BCUT2D eigenvalue weighted by Gasteiger charge is -2.20. The van der Waals surface area contributed by atoms with Crippen LogP contribution in [0.1, 0.15) is 48.0 Å². The Kier molecular flexibility index (Phi) is 5.72. The Hall–Kier alpha value is -4.56. The Bertz CT molecular complexity index is 1520. The molecule has 0 spiro atoms. The molecular formula is C27H19NO7. The van der Waals surface area contributed by atoms with Crippen LogP contribution in [0.2, 0.25) is 0 Å². The van der Waals surface area contributed by atoms with Gasteiger partial charge < -0.3 is 19.2 Å². The fourth-order valence-corrected chi connectivity index (χ4v) is 4.18. The smallest absolute Gasteiger partial charge is 0.375 e. The molecule has 8 nitrogen and oxygen atoms in total. The van der Waals surface area contributed by atoms with Gasteiger partial charge in [-0.15, -0.1) is 0 Å². The Morgan fingerprint density at radius 3 is 2.31 bits per heavy atom. The molecule has 1 aliphatic rings. The van der Waals surface area contributed by atoms with Crippen molar-refractivity contribution < 1.29 is 33.1 Å². The van der Waals surface area contributed by atoms with Gasteiger partial charge in [-0.25, -0.2) is 4.79 Å². The van der Waals surface area contributed by atoms with Crippen LogP contribution in [0.15, 0.2) is 71.1 Å². The number of nitrogens with one attached hydrogen (secondary N) is 1. The number of hydrogen-bond acceptors (Lipinski definition) is 7. The van der Waals surface area contributed by atoms with E-state index in [-0.39, 0.29) is 46.3 Å². The maximum Gasteiger partial charge on any atom is 0.375 e. The first-order valence-corrected chi connectivity index (χ1v) is 10.8. The Balaban J connectivity index is 1.34. The standard InChI is InChI=1S/C27H19NO7/c1-33-13-19-15-7-4-5-12-21(15)35-26(19)27(32)34-14-22(29)28-20-11-6-10-18-23(20)25(31)17-9-3-2-8-16(17)24(18)30/h2-12H,13-14H2,1H3,(H,28,29). The molecule has 8 heteroatoms. The molecule has 0 atom stereocenters. The highest BCUT2D eigenvalue weighted by atomic mass is 16.5. The van der Waals surface area contributed by atoms with Gasteiger partial charge in [0.25, 0.3) is 5.91 Å². The average molecular weight is 469 g/mol. The lowest BCUT2D eigenvalue weighted by atomic mass is 9.83. The first-order valence-electron chi connectivity index (χ1n) is 10.8. The van der Waals surface area contributed by atoms with Crippen LogP contribution in [0.5, 0.6) is 0 Å². The van der Waals surface area contributed by atoms with E-state index >= 15 is 0 Å². The molecule has 4 aromatic rings. The van der Waals surface area contributed by atoms with Gasteiger partial charge >= 0.3 is 5.97 Å². The highest BCUT2D eigenvalue weighted by Gasteiger charge is 2.32. The second-order valence-corrected chi connectivity index (χ2v) is 7.90. The number of carbonyl (C=O) groups excluding carboxylic acids is 4. The number of furan rings is 1. The lowest BCUT2D eigenvalue weighted by molar-refractivity contribution is -0.119. The zero-order valence-electron chi connectivity index (χ0n) is 18.6. The summed E-state index contributed by atoms with van der Waals surface area (Å²) in [6.45, 7) is -0.494. The van der Waals surface area contributed by atoms with E-state index in [0.717, 1.165) is 0 Å². The molecule has 174 valence electrons. The SMILES string of the molecule is COCc1c(C(=O)OCC(=O)Nc2cccc3c2C(=O)c2ccccc2C3=O)oc2ccccc12. The molecule has 1 N–H and O–H groups in total. The molecule has 0 aliphatic heterocycles. The average Bonchev–Trinajstić information content (AvgIpc) is 3.24. The van der Waals surface area contributed by atoms with Gasteiger partial charge in [-0.3, -0.25) is 14.4 Å². The summed E-state index contributed by atoms with van der Waals surface area (Å²) in [5.41, 5.74) is 2.09. The molecule has 1 amide bonds. The predicted octanol–water partition coefficient (Wildman–Crippen LogP) is 4.15. The highest BCUT2D eigenvalue weighted by Crippen LogP contribution is 2.32. The number of methoxy groups -OCH3 is 1. The van der Waals surface area contributed by atoms with Gasteiger partial charge in [-0.2, -0.15) is 0 Å². The Labute approximate surface area is 199 Å². The van der Waals surface area contributed by atoms with Crippen LogP contribution in [-0.2, 0) is 20.9 Å². The quantitative estimate of drug-likeness (QED) is 0.372. The monoisotopic (exact) mass is 469 g/mol. The molecule has 35 heavy (non-hydrogen) atoms. The number of anilines is 1. The van der Waals surface area contributed by atoms with Gasteiger partial charge in [0.2, 0.25) is 5.76 Å². The molecular weight excluding hydrogens is 450 g/mol. The number of ether oxygens (including phenoxy) is 2. The molecule has 1 heterocycles. The Morgan fingerprint density at radius 1 is 0.857 bits per heavy atom. The molecule has 0 saturated heterocycles. The van der Waals surface area contributed by atoms with Crippen molar-refractivity contribution in [1.29, 1.82) is 0 Å². The molecule has 0 fully saturated rings. The van der Waals surface area contributed by atoms with Crippen LogP contribution in [0.25, 0.3) is 11.0 Å². The molecule has 1 aliphatic carbocycles. The van der Waals surface area contributed by atoms with Crippen molar-refractivity contribution in [2.75, 3.05) is 19.0 Å². The van der Waals surface area contributed by atoms with Crippen LogP contribution in [-0.4, -0.2) is 37.2 Å². The Morgan fingerprint density at radius 2 is 1.54 bits per heavy atom. The summed E-state index contributed by atoms with van der Waals surface area (Å²) >= 11 is 0. The number of hydrogen-bond donors (Lipinski definition) is 1. The largest absolute Gasteiger partial charge is 0.450 e. The van der Waals surface area contributed by atoms with E-state index < -0.39 is 18.5 Å². The van der Waals surface area contributed by atoms with Crippen molar-refractivity contribution in [2.45, 2.75) is 6.61 Å². The topological polar surface area (TPSA) is 112 Å². The van der Waals surface area contributed by atoms with Crippen LogP contribution in [0.3, 0.4) is 0 Å². The third-order valence-corrected chi connectivity index (χ3v) is 5.73. The lowest BCUT2D eigenvalue weighted by Crippen LogP contribution is -2.26. The third-order valence-electron chi connectivity index (χ3n) is 5.73. The fraction of sp³-hybridized carbons (Fsp3) is 0.111. The van der Waals surface area contributed by atoms with Gasteiger partial charge in [0, 0.05) is 34.7 Å². The van der Waals surface area contributed by atoms with Crippen molar-refractivity contribution in [2.24, 2.45) is 0 Å². The van der Waals surface area contributed by atoms with E-state index in [0.29, 0.717) is 22.1 Å². The number of rotatable bonds is 6. The summed E-state index contributed by atoms with van der Waals surface area (Å²) in [7, 11) is 1.50. The number of amides is 1. The van der Waals surface area contributed by atoms with Crippen LogP contribution in [0.4, 0.5) is 5.69 Å². The van der Waals surface area contributed by atoms with E-state index in [4.69, 9.17) is 13.9 Å². The summed E-state index contributed by atoms with van der Waals surface area (Å²) in [4.78, 5) is 51.2. The van der Waals surface area contributed by atoms with Crippen molar-refractivity contribution in [3.8, 4) is 0 Å². The molecule has 0 saturated carbocycles. The maximum absolute atomic E-state index is 13.1. The summed E-state index contributed by atoms with van der Waals surface area (Å²) in [5, 5.41) is 3.29. The van der Waals surface area contributed by atoms with Gasteiger partial charge in [-0.1, -0.05) is 54.6 Å². The summed E-state index contributed by atoms with van der Waals surface area (Å²) in [6, 6.07) is 18.3. The van der Waals surface area contributed by atoms with E-state index in [1.165, 1.54) is 13.2 Å². The van der Waals surface area contributed by atoms with Crippen LogP contribution in [0, 0.1) is 0 Å². The van der Waals surface area contributed by atoms with Gasteiger partial charge in [0.05, 0.1) is 17.9 Å². The number of ketones is 2. The zero-order valence-corrected chi connectivity index (χ0v) is 18.6. The third kappa shape index (κ3) is 3.89. The number of fused-ring (bicyclic) bond motifs is 3. The number of para-hydroxylation sites is 1. The van der Waals surface area contributed by atoms with Gasteiger partial charge in [-0.05, 0) is 12.1 Å². The second kappa shape index (κ2) is 9.00. The van der Waals surface area contributed by atoms with Crippen LogP contribution < -0.4 is 5.32 Å². The van der Waals surface area contributed by atoms with E-state index in [1.54, 1.807) is 54.6 Å². The minimum atomic E-state index is -0.821. The minimum absolute atomic E-state index is 0.0460. The summed E-state index contributed by atoms with van der Waals surface area (Å²) in [6.07, 6.45) is 0. The number of benzene rings is 3.